The van der Waals surface area contributed by atoms with E-state index in [1.54, 1.807) is 7.11 Å². The van der Waals surface area contributed by atoms with Gasteiger partial charge in [0.15, 0.2) is 11.5 Å². The molecule has 1 aromatic rings. The van der Waals surface area contributed by atoms with Crippen LogP contribution in [0.3, 0.4) is 0 Å². The van der Waals surface area contributed by atoms with E-state index in [0.29, 0.717) is 55.8 Å². The molecule has 26 heavy (non-hydrogen) atoms. The normalized spacial score (nSPS) is 25.2. The summed E-state index contributed by atoms with van der Waals surface area (Å²) in [4.78, 5) is 30.3. The highest BCUT2D eigenvalue weighted by Gasteiger charge is 2.49. The van der Waals surface area contributed by atoms with Crippen molar-refractivity contribution in [2.24, 2.45) is 5.41 Å². The minimum absolute atomic E-state index is 0.0551. The molecule has 1 atom stereocenters. The van der Waals surface area contributed by atoms with E-state index in [4.69, 9.17) is 14.2 Å². The minimum Gasteiger partial charge on any atom is -0.485 e. The van der Waals surface area contributed by atoms with E-state index in [-0.39, 0.29) is 11.8 Å². The number of likely N-dealkylation sites (tertiary alicyclic amines) is 2. The molecule has 2 saturated heterocycles. The van der Waals surface area contributed by atoms with E-state index in [1.807, 2.05) is 15.2 Å². The SMILES string of the molecule is COCCN1CCCC2(CCN(C(=O)c3scc4c3OCCO4)C2)C1=O. The van der Waals surface area contributed by atoms with Gasteiger partial charge in [0.25, 0.3) is 5.91 Å². The van der Waals surface area contributed by atoms with Gasteiger partial charge in [0.2, 0.25) is 5.91 Å². The number of ether oxygens (including phenoxy) is 3. The van der Waals surface area contributed by atoms with Gasteiger partial charge in [-0.15, -0.1) is 11.3 Å². The number of carbonyl (C=O) groups excluding carboxylic acids is 2. The van der Waals surface area contributed by atoms with Gasteiger partial charge in [0.05, 0.1) is 12.0 Å². The molecule has 0 aromatic carbocycles. The molecule has 1 aromatic heterocycles. The summed E-state index contributed by atoms with van der Waals surface area (Å²) >= 11 is 1.35. The lowest BCUT2D eigenvalue weighted by molar-refractivity contribution is -0.146. The highest BCUT2D eigenvalue weighted by atomic mass is 32.1. The van der Waals surface area contributed by atoms with Gasteiger partial charge in [-0.25, -0.2) is 0 Å². The van der Waals surface area contributed by atoms with Crippen LogP contribution < -0.4 is 9.47 Å². The van der Waals surface area contributed by atoms with E-state index in [9.17, 15) is 9.59 Å². The van der Waals surface area contributed by atoms with E-state index in [0.717, 1.165) is 25.8 Å². The van der Waals surface area contributed by atoms with E-state index in [2.05, 4.69) is 0 Å². The van der Waals surface area contributed by atoms with Gasteiger partial charge in [-0.3, -0.25) is 9.59 Å². The average Bonchev–Trinajstić information content (AvgIpc) is 3.28. The molecular formula is C18H24N2O5S. The molecule has 7 nitrogen and oxygen atoms in total. The number of methoxy groups -OCH3 is 1. The maximum atomic E-state index is 13.0. The van der Waals surface area contributed by atoms with Crippen molar-refractivity contribution in [2.45, 2.75) is 19.3 Å². The first-order valence-electron chi connectivity index (χ1n) is 9.09. The standard InChI is InChI=1S/C18H24N2O5S/c1-23-8-7-19-5-2-3-18(17(19)22)4-6-20(12-18)16(21)15-14-13(11-26-15)24-9-10-25-14/h11H,2-10,12H2,1H3. The zero-order valence-electron chi connectivity index (χ0n) is 15.0. The molecule has 3 aliphatic heterocycles. The fourth-order valence-electron chi connectivity index (χ4n) is 4.15. The van der Waals surface area contributed by atoms with Crippen molar-refractivity contribution in [3.05, 3.63) is 10.3 Å². The van der Waals surface area contributed by atoms with Crippen LogP contribution >= 0.6 is 11.3 Å². The molecule has 4 heterocycles. The average molecular weight is 380 g/mol. The smallest absolute Gasteiger partial charge is 0.267 e. The predicted octanol–water partition coefficient (Wildman–Crippen LogP) is 1.62. The van der Waals surface area contributed by atoms with Crippen LogP contribution in [-0.4, -0.2) is 74.7 Å². The molecule has 3 aliphatic rings. The van der Waals surface area contributed by atoms with E-state index < -0.39 is 5.41 Å². The third kappa shape index (κ3) is 2.95. The van der Waals surface area contributed by atoms with Crippen LogP contribution in [0.5, 0.6) is 11.5 Å². The predicted molar refractivity (Wildman–Crippen MR) is 96.0 cm³/mol. The number of hydrogen-bond donors (Lipinski definition) is 0. The Hall–Kier alpha value is -1.80. The number of carbonyl (C=O) groups is 2. The lowest BCUT2D eigenvalue weighted by Gasteiger charge is -2.39. The fraction of sp³-hybridized carbons (Fsp3) is 0.667. The number of piperidine rings is 1. The molecule has 0 radical (unpaired) electrons. The summed E-state index contributed by atoms with van der Waals surface area (Å²) in [6.45, 7) is 4.01. The van der Waals surface area contributed by atoms with Gasteiger partial charge in [0, 0.05) is 38.7 Å². The Morgan fingerprint density at radius 3 is 3.00 bits per heavy atom. The summed E-state index contributed by atoms with van der Waals surface area (Å²) < 4.78 is 16.3. The van der Waals surface area contributed by atoms with Crippen LogP contribution in [-0.2, 0) is 9.53 Å². The molecule has 0 aliphatic carbocycles. The Labute approximate surface area is 156 Å². The molecule has 0 bridgehead atoms. The van der Waals surface area contributed by atoms with Crippen LogP contribution in [0.25, 0.3) is 0 Å². The summed E-state index contributed by atoms with van der Waals surface area (Å²) in [5, 5.41) is 1.83. The number of amides is 2. The third-order valence-corrected chi connectivity index (χ3v) is 6.45. The first-order valence-corrected chi connectivity index (χ1v) is 9.97. The second-order valence-corrected chi connectivity index (χ2v) is 7.98. The summed E-state index contributed by atoms with van der Waals surface area (Å²) in [5.74, 6) is 1.33. The molecule has 8 heteroatoms. The molecule has 0 saturated carbocycles. The second kappa shape index (κ2) is 7.08. The Kier molecular flexibility index (Phi) is 4.79. The third-order valence-electron chi connectivity index (χ3n) is 5.53. The zero-order chi connectivity index (χ0) is 18.1. The Morgan fingerprint density at radius 1 is 1.31 bits per heavy atom. The van der Waals surface area contributed by atoms with Crippen molar-refractivity contribution < 1.29 is 23.8 Å². The number of rotatable bonds is 4. The highest BCUT2D eigenvalue weighted by molar-refractivity contribution is 7.12. The van der Waals surface area contributed by atoms with Gasteiger partial charge in [-0.1, -0.05) is 0 Å². The Bertz CT molecular complexity index is 706. The molecular weight excluding hydrogens is 356 g/mol. The number of fused-ring (bicyclic) bond motifs is 1. The zero-order valence-corrected chi connectivity index (χ0v) is 15.8. The lowest BCUT2D eigenvalue weighted by atomic mass is 9.78. The van der Waals surface area contributed by atoms with Gasteiger partial charge < -0.3 is 24.0 Å². The molecule has 2 amide bonds. The molecule has 142 valence electrons. The summed E-state index contributed by atoms with van der Waals surface area (Å²) in [5.41, 5.74) is -0.434. The monoisotopic (exact) mass is 380 g/mol. The maximum absolute atomic E-state index is 13.0. The molecule has 4 rings (SSSR count). The summed E-state index contributed by atoms with van der Waals surface area (Å²) in [6.07, 6.45) is 2.55. The van der Waals surface area contributed by atoms with Crippen LogP contribution in [0, 0.1) is 5.41 Å². The Balaban J connectivity index is 1.48. The van der Waals surface area contributed by atoms with Crippen molar-refractivity contribution in [3.63, 3.8) is 0 Å². The number of nitrogens with zero attached hydrogens (tertiary/aromatic N) is 2. The van der Waals surface area contributed by atoms with E-state index in [1.165, 1.54) is 11.3 Å². The minimum atomic E-state index is -0.434. The first kappa shape index (κ1) is 17.6. The van der Waals surface area contributed by atoms with Gasteiger partial charge in [0.1, 0.15) is 18.1 Å². The fourth-order valence-corrected chi connectivity index (χ4v) is 5.04. The molecule has 1 unspecified atom stereocenters. The van der Waals surface area contributed by atoms with Crippen molar-refractivity contribution in [3.8, 4) is 11.5 Å². The molecule has 1 spiro atoms. The second-order valence-electron chi connectivity index (χ2n) is 7.10. The number of thiophene rings is 1. The van der Waals surface area contributed by atoms with Crippen LogP contribution in [0.4, 0.5) is 0 Å². The van der Waals surface area contributed by atoms with Gasteiger partial charge in [-0.2, -0.15) is 0 Å². The lowest BCUT2D eigenvalue weighted by Crippen LogP contribution is -2.51. The topological polar surface area (TPSA) is 68.3 Å². The summed E-state index contributed by atoms with van der Waals surface area (Å²) in [6, 6.07) is 0. The van der Waals surface area contributed by atoms with Crippen molar-refractivity contribution in [1.29, 1.82) is 0 Å². The van der Waals surface area contributed by atoms with Crippen molar-refractivity contribution in [1.82, 2.24) is 9.80 Å². The van der Waals surface area contributed by atoms with Crippen molar-refractivity contribution in [2.75, 3.05) is 53.1 Å². The van der Waals surface area contributed by atoms with E-state index >= 15 is 0 Å². The number of hydrogen-bond acceptors (Lipinski definition) is 6. The van der Waals surface area contributed by atoms with Crippen LogP contribution in [0.2, 0.25) is 0 Å². The quantitative estimate of drug-likeness (QED) is 0.794. The maximum Gasteiger partial charge on any atom is 0.267 e. The molecule has 0 N–H and O–H groups in total. The summed E-state index contributed by atoms with van der Waals surface area (Å²) in [7, 11) is 1.65. The largest absolute Gasteiger partial charge is 0.485 e. The van der Waals surface area contributed by atoms with Gasteiger partial charge >= 0.3 is 0 Å². The highest BCUT2D eigenvalue weighted by Crippen LogP contribution is 2.43. The van der Waals surface area contributed by atoms with Crippen LogP contribution in [0.1, 0.15) is 28.9 Å². The van der Waals surface area contributed by atoms with Crippen LogP contribution in [0.15, 0.2) is 5.38 Å². The Morgan fingerprint density at radius 2 is 2.15 bits per heavy atom. The first-order chi connectivity index (χ1) is 12.6. The van der Waals surface area contributed by atoms with Crippen molar-refractivity contribution >= 4 is 23.2 Å². The molecule has 2 fully saturated rings. The van der Waals surface area contributed by atoms with Gasteiger partial charge in [-0.05, 0) is 19.3 Å².